The van der Waals surface area contributed by atoms with E-state index in [4.69, 9.17) is 23.4 Å². The molecule has 0 fully saturated rings. The monoisotopic (exact) mass is 363 g/mol. The lowest BCUT2D eigenvalue weighted by molar-refractivity contribution is -0.118. The summed E-state index contributed by atoms with van der Waals surface area (Å²) in [5, 5.41) is 2.53. The molecule has 0 aromatic heterocycles. The molecule has 1 amide bonds. The minimum atomic E-state index is -1.67. The van der Waals surface area contributed by atoms with E-state index >= 15 is 0 Å². The van der Waals surface area contributed by atoms with Crippen molar-refractivity contribution in [2.24, 2.45) is 5.73 Å². The van der Waals surface area contributed by atoms with Crippen LogP contribution >= 0.6 is 11.6 Å². The van der Waals surface area contributed by atoms with Crippen LogP contribution in [-0.2, 0) is 4.79 Å². The van der Waals surface area contributed by atoms with Crippen molar-refractivity contribution in [3.8, 4) is 5.75 Å². The molecule has 2 aromatic rings. The van der Waals surface area contributed by atoms with Gasteiger partial charge < -0.3 is 15.8 Å². The first kappa shape index (κ1) is 16.1. The molecule has 0 unspecified atom stereocenters. The zero-order chi connectivity index (χ0) is 19.1. The zero-order valence-electron chi connectivity index (χ0n) is 14.4. The van der Waals surface area contributed by atoms with Crippen molar-refractivity contribution in [2.45, 2.75) is 19.4 Å². The standard InChI is InChI=1S/C18H16ClFN2O3/c1-2-12(21)10-4-5-11(19)16(17(10)20)18(24)9-3-6-13-14(7-9)25-8-15(23)22-13/h3-7,12H,2,8,21H2,1H3,(H,22,23)/t12-/m1/s1/i12D. The van der Waals surface area contributed by atoms with E-state index in [-0.39, 0.29) is 40.6 Å². The number of ether oxygens (including phenoxy) is 1. The predicted molar refractivity (Wildman–Crippen MR) is 92.6 cm³/mol. The number of amides is 1. The number of carbonyl (C=O) groups excluding carboxylic acids is 2. The molecule has 1 aliphatic heterocycles. The molecule has 0 saturated heterocycles. The highest BCUT2D eigenvalue weighted by Crippen LogP contribution is 2.32. The normalized spacial score (nSPS) is 16.2. The summed E-state index contributed by atoms with van der Waals surface area (Å²) in [4.78, 5) is 24.2. The van der Waals surface area contributed by atoms with Crippen LogP contribution in [0.2, 0.25) is 5.02 Å². The van der Waals surface area contributed by atoms with Crippen LogP contribution in [0.5, 0.6) is 5.75 Å². The van der Waals surface area contributed by atoms with E-state index in [0.29, 0.717) is 11.4 Å². The summed E-state index contributed by atoms with van der Waals surface area (Å²) in [6.07, 6.45) is 0.158. The van der Waals surface area contributed by atoms with Crippen LogP contribution in [-0.4, -0.2) is 18.3 Å². The lowest BCUT2D eigenvalue weighted by Crippen LogP contribution is -2.25. The quantitative estimate of drug-likeness (QED) is 0.815. The van der Waals surface area contributed by atoms with Gasteiger partial charge in [0.05, 0.1) is 17.6 Å². The van der Waals surface area contributed by atoms with Crippen molar-refractivity contribution in [2.75, 3.05) is 11.9 Å². The largest absolute Gasteiger partial charge is 0.482 e. The van der Waals surface area contributed by atoms with Crippen LogP contribution in [0.15, 0.2) is 30.3 Å². The second-order valence-corrected chi connectivity index (χ2v) is 5.95. The fraction of sp³-hybridized carbons (Fsp3) is 0.222. The average molecular weight is 364 g/mol. The molecule has 0 saturated carbocycles. The SMILES string of the molecule is [2H][C@@](N)(CC)c1ccc(Cl)c(C(=O)c2ccc3c(c2)OCC(=O)N3)c1F. The Labute approximate surface area is 150 Å². The lowest BCUT2D eigenvalue weighted by Gasteiger charge is -2.19. The van der Waals surface area contributed by atoms with Gasteiger partial charge in [0.2, 0.25) is 0 Å². The second-order valence-electron chi connectivity index (χ2n) is 5.54. The first-order valence-corrected chi connectivity index (χ1v) is 8.01. The van der Waals surface area contributed by atoms with Gasteiger partial charge in [0.1, 0.15) is 11.6 Å². The summed E-state index contributed by atoms with van der Waals surface area (Å²) in [5.41, 5.74) is 5.93. The number of hydrogen-bond acceptors (Lipinski definition) is 4. The Hall–Kier alpha value is -2.44. The van der Waals surface area contributed by atoms with Crippen molar-refractivity contribution >= 4 is 29.0 Å². The van der Waals surface area contributed by atoms with Crippen molar-refractivity contribution in [3.05, 3.63) is 57.9 Å². The van der Waals surface area contributed by atoms with Crippen LogP contribution in [0.25, 0.3) is 0 Å². The van der Waals surface area contributed by atoms with Crippen molar-refractivity contribution < 1.29 is 20.1 Å². The third-order valence-corrected chi connectivity index (χ3v) is 4.24. The number of rotatable bonds is 4. The predicted octanol–water partition coefficient (Wildman–Crippen LogP) is 3.45. The molecule has 1 aliphatic rings. The summed E-state index contributed by atoms with van der Waals surface area (Å²) >= 11 is 6.05. The molecule has 25 heavy (non-hydrogen) atoms. The lowest BCUT2D eigenvalue weighted by atomic mass is 9.96. The second kappa shape index (κ2) is 6.82. The van der Waals surface area contributed by atoms with Crippen LogP contribution in [0, 0.1) is 5.82 Å². The minimum Gasteiger partial charge on any atom is -0.482 e. The number of hydrogen-bond donors (Lipinski definition) is 2. The first-order chi connectivity index (χ1) is 12.2. The van der Waals surface area contributed by atoms with Crippen LogP contribution in [0.3, 0.4) is 0 Å². The minimum absolute atomic E-state index is 0.0740. The summed E-state index contributed by atoms with van der Waals surface area (Å²) < 4.78 is 28.3. The number of nitrogens with one attached hydrogen (secondary N) is 1. The van der Waals surface area contributed by atoms with Gasteiger partial charge in [-0.25, -0.2) is 4.39 Å². The van der Waals surface area contributed by atoms with Gasteiger partial charge in [-0.15, -0.1) is 0 Å². The van der Waals surface area contributed by atoms with E-state index in [0.717, 1.165) is 0 Å². The van der Waals surface area contributed by atoms with Crippen LogP contribution < -0.4 is 15.8 Å². The van der Waals surface area contributed by atoms with Gasteiger partial charge in [-0.3, -0.25) is 9.59 Å². The Bertz CT molecular complexity index is 918. The number of ketones is 1. The Kier molecular flexibility index (Phi) is 4.38. The molecule has 1 atom stereocenters. The van der Waals surface area contributed by atoms with Crippen molar-refractivity contribution in [1.29, 1.82) is 0 Å². The molecule has 5 nitrogen and oxygen atoms in total. The van der Waals surface area contributed by atoms with Crippen LogP contribution in [0.1, 0.15) is 42.2 Å². The fourth-order valence-corrected chi connectivity index (χ4v) is 2.79. The molecular formula is C18H16ClFN2O3. The van der Waals surface area contributed by atoms with E-state index in [2.05, 4.69) is 5.32 Å². The Morgan fingerprint density at radius 1 is 1.48 bits per heavy atom. The number of fused-ring (bicyclic) bond motifs is 1. The maximum Gasteiger partial charge on any atom is 0.262 e. The maximum absolute atomic E-state index is 14.9. The molecule has 1 heterocycles. The molecule has 3 rings (SSSR count). The zero-order valence-corrected chi connectivity index (χ0v) is 14.1. The van der Waals surface area contributed by atoms with Gasteiger partial charge in [0, 0.05) is 17.1 Å². The summed E-state index contributed by atoms with van der Waals surface area (Å²) in [7, 11) is 0. The maximum atomic E-state index is 14.9. The van der Waals surface area contributed by atoms with Gasteiger partial charge in [-0.2, -0.15) is 0 Å². The molecule has 0 bridgehead atoms. The van der Waals surface area contributed by atoms with Gasteiger partial charge in [-0.1, -0.05) is 24.6 Å². The van der Waals surface area contributed by atoms with Crippen LogP contribution in [0.4, 0.5) is 10.1 Å². The number of carbonyl (C=O) groups is 2. The van der Waals surface area contributed by atoms with Gasteiger partial charge in [0.15, 0.2) is 12.4 Å². The summed E-state index contributed by atoms with van der Waals surface area (Å²) in [5.74, 6) is -1.56. The molecule has 130 valence electrons. The highest BCUT2D eigenvalue weighted by Gasteiger charge is 2.24. The Morgan fingerprint density at radius 3 is 2.96 bits per heavy atom. The highest BCUT2D eigenvalue weighted by atomic mass is 35.5. The molecule has 0 aliphatic carbocycles. The van der Waals surface area contributed by atoms with Gasteiger partial charge in [-0.05, 0) is 30.7 Å². The average Bonchev–Trinajstić information content (AvgIpc) is 2.60. The third-order valence-electron chi connectivity index (χ3n) is 3.92. The molecule has 3 N–H and O–H groups in total. The van der Waals surface area contributed by atoms with Crippen molar-refractivity contribution in [1.82, 2.24) is 0 Å². The number of halogens is 2. The first-order valence-electron chi connectivity index (χ1n) is 8.13. The number of benzene rings is 2. The molecule has 2 aromatic carbocycles. The van der Waals surface area contributed by atoms with E-state index in [1.165, 1.54) is 30.3 Å². The molecule has 0 radical (unpaired) electrons. The highest BCUT2D eigenvalue weighted by molar-refractivity contribution is 6.35. The van der Waals surface area contributed by atoms with E-state index in [1.807, 2.05) is 0 Å². The topological polar surface area (TPSA) is 81.4 Å². The molecular weight excluding hydrogens is 347 g/mol. The number of nitrogens with two attached hydrogens (primary N) is 1. The van der Waals surface area contributed by atoms with Crippen molar-refractivity contribution in [3.63, 3.8) is 0 Å². The third kappa shape index (κ3) is 3.23. The van der Waals surface area contributed by atoms with E-state index in [9.17, 15) is 14.0 Å². The fourth-order valence-electron chi connectivity index (χ4n) is 2.56. The summed E-state index contributed by atoms with van der Waals surface area (Å²) in [6, 6.07) is 5.35. The molecule has 0 spiro atoms. The summed E-state index contributed by atoms with van der Waals surface area (Å²) in [6.45, 7) is 1.48. The van der Waals surface area contributed by atoms with E-state index in [1.54, 1.807) is 6.92 Å². The number of anilines is 1. The Morgan fingerprint density at radius 2 is 2.24 bits per heavy atom. The van der Waals surface area contributed by atoms with Gasteiger partial charge >= 0.3 is 0 Å². The smallest absolute Gasteiger partial charge is 0.262 e. The molecule has 7 heteroatoms. The van der Waals surface area contributed by atoms with Gasteiger partial charge in [0.25, 0.3) is 5.91 Å². The Balaban J connectivity index is 2.06. The van der Waals surface area contributed by atoms with E-state index < -0.39 is 17.6 Å².